The molecule has 0 atom stereocenters. The standard InChI is InChI=1S/C12H25.C9H20P.C5H5.Hf/c1-6-11(7-2)12(8-3,9-4)10-5;1-8(2,3)10(7)9(4,5)6;1-2-4-5-3-1;/h6-10H2,1-5H3;7H2,1-6H3;1-5H;/q3*-1;. The van der Waals surface area contributed by atoms with Crippen LogP contribution in [0.15, 0.2) is 30.3 Å². The van der Waals surface area contributed by atoms with Crippen LogP contribution in [0.1, 0.15) is 108 Å². The van der Waals surface area contributed by atoms with Gasteiger partial charge in [0, 0.05) is 25.8 Å². The van der Waals surface area contributed by atoms with Crippen molar-refractivity contribution in [2.75, 3.05) is 0 Å². The third kappa shape index (κ3) is 13.1. The van der Waals surface area contributed by atoms with E-state index in [0.29, 0.717) is 15.7 Å². The maximum Gasteiger partial charge on any atom is 0 e. The van der Waals surface area contributed by atoms with E-state index in [1.165, 1.54) is 32.1 Å². The molecule has 0 N–H and O–H groups in total. The Morgan fingerprint density at radius 3 is 1.14 bits per heavy atom. The zero-order valence-corrected chi connectivity index (χ0v) is 25.6. The van der Waals surface area contributed by atoms with Crippen molar-refractivity contribution in [2.45, 2.75) is 119 Å². The minimum Gasteiger partial charge on any atom is -0.316 e. The van der Waals surface area contributed by atoms with Gasteiger partial charge in [-0.25, -0.2) is 12.1 Å². The van der Waals surface area contributed by atoms with E-state index >= 15 is 0 Å². The van der Waals surface area contributed by atoms with Crippen LogP contribution in [0, 0.1) is 18.0 Å². The maximum absolute atomic E-state index is 4.25. The van der Waals surface area contributed by atoms with Crippen LogP contribution in [0.4, 0.5) is 0 Å². The third-order valence-electron chi connectivity index (χ3n) is 5.81. The van der Waals surface area contributed by atoms with Gasteiger partial charge in [0.05, 0.1) is 0 Å². The van der Waals surface area contributed by atoms with Crippen LogP contribution in [0.2, 0.25) is 0 Å². The molecule has 0 heterocycles. The number of hydrogen-bond donors (Lipinski definition) is 0. The van der Waals surface area contributed by atoms with Crippen molar-refractivity contribution < 1.29 is 25.8 Å². The Morgan fingerprint density at radius 1 is 0.750 bits per heavy atom. The van der Waals surface area contributed by atoms with Gasteiger partial charge in [-0.3, -0.25) is 7.92 Å². The third-order valence-corrected chi connectivity index (χ3v) is 9.05. The average molecular weight is 572 g/mol. The molecular weight excluding hydrogens is 522 g/mol. The fourth-order valence-electron chi connectivity index (χ4n) is 3.83. The van der Waals surface area contributed by atoms with Crippen molar-refractivity contribution in [1.82, 2.24) is 0 Å². The van der Waals surface area contributed by atoms with E-state index in [9.17, 15) is 0 Å². The van der Waals surface area contributed by atoms with Crippen LogP contribution in [0.25, 0.3) is 0 Å². The predicted molar refractivity (Wildman–Crippen MR) is 131 cm³/mol. The van der Waals surface area contributed by atoms with Crippen LogP contribution >= 0.6 is 7.92 Å². The van der Waals surface area contributed by atoms with E-state index in [0.717, 1.165) is 0 Å². The molecule has 28 heavy (non-hydrogen) atoms. The van der Waals surface area contributed by atoms with Crippen molar-refractivity contribution in [3.63, 3.8) is 0 Å². The first-order chi connectivity index (χ1) is 12.4. The van der Waals surface area contributed by atoms with Gasteiger partial charge in [-0.1, -0.05) is 95.4 Å². The normalized spacial score (nSPS) is 11.9. The first-order valence-electron chi connectivity index (χ1n) is 11.0. The summed E-state index contributed by atoms with van der Waals surface area (Å²) >= 11 is 0. The second kappa shape index (κ2) is 16.4. The van der Waals surface area contributed by atoms with Crippen molar-refractivity contribution >= 4 is 7.92 Å². The van der Waals surface area contributed by atoms with Gasteiger partial charge in [0.1, 0.15) is 0 Å². The summed E-state index contributed by atoms with van der Waals surface area (Å²) in [4.78, 5) is 0. The van der Waals surface area contributed by atoms with Crippen LogP contribution in [-0.2, 0) is 25.8 Å². The first kappa shape index (κ1) is 33.3. The minimum atomic E-state index is -0.113. The SMILES string of the molecule is CC[C-](CC)C(CC)(CC)CC.[CH2-]P(C(C)(C)C)C(C)(C)C.[Hf].c1cc[cH-]c1. The zero-order chi connectivity index (χ0) is 21.7. The minimum absolute atomic E-state index is 0. The van der Waals surface area contributed by atoms with Crippen molar-refractivity contribution in [2.24, 2.45) is 5.41 Å². The maximum atomic E-state index is 4.25. The summed E-state index contributed by atoms with van der Waals surface area (Å²) in [6.07, 6.45) is 6.49. The van der Waals surface area contributed by atoms with Gasteiger partial charge < -0.3 is 12.6 Å². The second-order valence-corrected chi connectivity index (χ2v) is 12.9. The second-order valence-electron chi connectivity index (χ2n) is 9.38. The first-order valence-corrected chi connectivity index (χ1v) is 12.5. The van der Waals surface area contributed by atoms with Gasteiger partial charge in [-0.2, -0.15) is 36.5 Å². The Labute approximate surface area is 200 Å². The van der Waals surface area contributed by atoms with E-state index in [1.807, 2.05) is 30.3 Å². The van der Waals surface area contributed by atoms with Gasteiger partial charge in [-0.05, 0) is 10.3 Å². The summed E-state index contributed by atoms with van der Waals surface area (Å²) in [5, 5.41) is 0.793. The molecule has 1 rings (SSSR count). The summed E-state index contributed by atoms with van der Waals surface area (Å²) < 4.78 is 0. The van der Waals surface area contributed by atoms with E-state index < -0.39 is 0 Å². The summed E-state index contributed by atoms with van der Waals surface area (Å²) in [5.41, 5.74) is 0.559. The molecule has 0 aliphatic rings. The molecule has 0 bridgehead atoms. The van der Waals surface area contributed by atoms with E-state index in [1.54, 1.807) is 5.92 Å². The Morgan fingerprint density at radius 2 is 1.07 bits per heavy atom. The Balaban J connectivity index is -0.000000351. The van der Waals surface area contributed by atoms with Gasteiger partial charge in [-0.15, -0.1) is 0 Å². The van der Waals surface area contributed by atoms with Crippen molar-refractivity contribution in [3.8, 4) is 0 Å². The number of rotatable bonds is 6. The molecule has 0 saturated carbocycles. The summed E-state index contributed by atoms with van der Waals surface area (Å²) in [6, 6.07) is 10.0. The Hall–Kier alpha value is 0.650. The van der Waals surface area contributed by atoms with Crippen LogP contribution in [0.3, 0.4) is 0 Å². The molecule has 0 nitrogen and oxygen atoms in total. The van der Waals surface area contributed by atoms with E-state index in [4.69, 9.17) is 0 Å². The van der Waals surface area contributed by atoms with E-state index in [-0.39, 0.29) is 33.8 Å². The van der Waals surface area contributed by atoms with Gasteiger partial charge >= 0.3 is 0 Å². The van der Waals surface area contributed by atoms with E-state index in [2.05, 4.69) is 82.8 Å². The topological polar surface area (TPSA) is 0 Å². The molecule has 166 valence electrons. The molecule has 0 fully saturated rings. The molecule has 1 aromatic rings. The Bertz CT molecular complexity index is 375. The van der Waals surface area contributed by atoms with Crippen molar-refractivity contribution in [1.29, 1.82) is 0 Å². The molecular formula is C26H50HfP-3. The molecule has 0 aliphatic carbocycles. The van der Waals surface area contributed by atoms with Gasteiger partial charge in [0.15, 0.2) is 0 Å². The van der Waals surface area contributed by atoms with Gasteiger partial charge in [0.2, 0.25) is 0 Å². The molecule has 0 unspecified atom stereocenters. The zero-order valence-electron chi connectivity index (χ0n) is 21.1. The summed E-state index contributed by atoms with van der Waals surface area (Å²) in [5.74, 6) is 1.77. The van der Waals surface area contributed by atoms with Crippen molar-refractivity contribution in [3.05, 3.63) is 42.9 Å². The average Bonchev–Trinajstić information content (AvgIpc) is 3.18. The van der Waals surface area contributed by atoms with Crippen LogP contribution in [0.5, 0.6) is 0 Å². The monoisotopic (exact) mass is 573 g/mol. The molecule has 0 aliphatic heterocycles. The predicted octanol–water partition coefficient (Wildman–Crippen LogP) is 9.86. The number of hydrogen-bond acceptors (Lipinski definition) is 0. The fraction of sp³-hybridized carbons (Fsp3) is 0.731. The Kier molecular flexibility index (Phi) is 19.4. The van der Waals surface area contributed by atoms with Crippen LogP contribution in [-0.4, -0.2) is 10.3 Å². The summed E-state index contributed by atoms with van der Waals surface area (Å²) in [7, 11) is -0.113. The van der Waals surface area contributed by atoms with Gasteiger partial charge in [0.25, 0.3) is 0 Å². The fourth-order valence-corrected chi connectivity index (χ4v) is 5.84. The van der Waals surface area contributed by atoms with Crippen LogP contribution < -0.4 is 0 Å². The molecule has 1 aromatic carbocycles. The quantitative estimate of drug-likeness (QED) is 0.181. The largest absolute Gasteiger partial charge is 0.316 e. The molecule has 2 heteroatoms. The molecule has 0 aromatic heterocycles. The molecule has 0 saturated heterocycles. The summed E-state index contributed by atoms with van der Waals surface area (Å²) in [6.45, 7) is 29.5. The molecule has 0 spiro atoms. The smallest absolute Gasteiger partial charge is 0 e. The molecule has 0 radical (unpaired) electrons. The molecule has 0 amide bonds.